The normalized spacial score (nSPS) is 17.1. The number of anilines is 1. The van der Waals surface area contributed by atoms with Crippen molar-refractivity contribution in [3.8, 4) is 0 Å². The van der Waals surface area contributed by atoms with Gasteiger partial charge in [0, 0.05) is 49.6 Å². The second-order valence-electron chi connectivity index (χ2n) is 8.03. The van der Waals surface area contributed by atoms with Crippen LogP contribution in [-0.4, -0.2) is 41.2 Å². The van der Waals surface area contributed by atoms with Gasteiger partial charge < -0.3 is 20.4 Å². The Bertz CT molecular complexity index is 998. The van der Waals surface area contributed by atoms with E-state index < -0.39 is 5.60 Å². The molecule has 7 nitrogen and oxygen atoms in total. The zero-order chi connectivity index (χ0) is 21.8. The summed E-state index contributed by atoms with van der Waals surface area (Å²) in [5, 5.41) is 10.6. The molecule has 162 valence electrons. The number of piperidine rings is 1. The van der Waals surface area contributed by atoms with Crippen LogP contribution in [0.1, 0.15) is 30.4 Å². The van der Waals surface area contributed by atoms with Crippen LogP contribution in [0.2, 0.25) is 5.02 Å². The lowest BCUT2D eigenvalue weighted by molar-refractivity contribution is -0.115. The van der Waals surface area contributed by atoms with Crippen molar-refractivity contribution >= 4 is 34.9 Å². The first kappa shape index (κ1) is 21.2. The van der Waals surface area contributed by atoms with E-state index >= 15 is 0 Å². The lowest BCUT2D eigenvalue weighted by Crippen LogP contribution is -2.48. The van der Waals surface area contributed by atoms with E-state index in [2.05, 4.69) is 15.8 Å². The average Bonchev–Trinajstić information content (AvgIpc) is 3.19. The van der Waals surface area contributed by atoms with Crippen LogP contribution in [-0.2, 0) is 16.2 Å². The van der Waals surface area contributed by atoms with Crippen LogP contribution in [0, 0.1) is 6.92 Å². The molecule has 0 aliphatic carbocycles. The Morgan fingerprint density at radius 3 is 2.55 bits per heavy atom. The number of carbonyl (C=O) groups excluding carboxylic acids is 2. The molecule has 0 radical (unpaired) electrons. The minimum atomic E-state index is -0.508. The molecule has 0 aromatic heterocycles. The zero-order valence-electron chi connectivity index (χ0n) is 17.4. The Morgan fingerprint density at radius 2 is 1.84 bits per heavy atom. The second-order valence-corrected chi connectivity index (χ2v) is 8.47. The molecule has 2 aromatic carbocycles. The maximum Gasteiger partial charge on any atom is 0.321 e. The number of hydrogen-bond donors (Lipinski definition) is 2. The van der Waals surface area contributed by atoms with E-state index in [1.807, 2.05) is 43.3 Å². The monoisotopic (exact) mass is 440 g/mol. The molecule has 1 fully saturated rings. The van der Waals surface area contributed by atoms with Crippen molar-refractivity contribution in [2.24, 2.45) is 5.16 Å². The smallest absolute Gasteiger partial charge is 0.321 e. The van der Waals surface area contributed by atoms with Crippen LogP contribution in [0.5, 0.6) is 0 Å². The Morgan fingerprint density at radius 1 is 1.13 bits per heavy atom. The first-order chi connectivity index (χ1) is 14.9. The minimum absolute atomic E-state index is 0.121. The largest absolute Gasteiger partial charge is 0.388 e. The molecule has 3 amide bonds. The SMILES string of the molecule is Cc1ccccc1NC(=O)N1CCC2(CC1)CC(C(=O)NCc1ccc(Cl)cc1)=NO2. The third-order valence-electron chi connectivity index (χ3n) is 5.82. The van der Waals surface area contributed by atoms with Crippen molar-refractivity contribution in [3.05, 3.63) is 64.7 Å². The first-order valence-corrected chi connectivity index (χ1v) is 10.7. The third-order valence-corrected chi connectivity index (χ3v) is 6.07. The van der Waals surface area contributed by atoms with Gasteiger partial charge in [0.25, 0.3) is 5.91 Å². The number of urea groups is 1. The van der Waals surface area contributed by atoms with Crippen LogP contribution < -0.4 is 10.6 Å². The topological polar surface area (TPSA) is 83.0 Å². The van der Waals surface area contributed by atoms with Gasteiger partial charge in [-0.1, -0.05) is 47.1 Å². The van der Waals surface area contributed by atoms with Crippen LogP contribution >= 0.6 is 11.6 Å². The average molecular weight is 441 g/mol. The first-order valence-electron chi connectivity index (χ1n) is 10.3. The van der Waals surface area contributed by atoms with Crippen molar-refractivity contribution in [3.63, 3.8) is 0 Å². The molecule has 4 rings (SSSR count). The van der Waals surface area contributed by atoms with E-state index in [-0.39, 0.29) is 11.9 Å². The van der Waals surface area contributed by atoms with E-state index in [1.165, 1.54) is 0 Å². The summed E-state index contributed by atoms with van der Waals surface area (Å²) in [7, 11) is 0. The molecule has 0 unspecified atom stereocenters. The number of halogens is 1. The van der Waals surface area contributed by atoms with Gasteiger partial charge in [-0.05, 0) is 36.2 Å². The van der Waals surface area contributed by atoms with E-state index in [4.69, 9.17) is 16.4 Å². The van der Waals surface area contributed by atoms with Crippen molar-refractivity contribution < 1.29 is 14.4 Å². The molecule has 2 N–H and O–H groups in total. The number of oxime groups is 1. The van der Waals surface area contributed by atoms with Gasteiger partial charge in [-0.2, -0.15) is 0 Å². The Balaban J connectivity index is 1.26. The maximum absolute atomic E-state index is 12.6. The Kier molecular flexibility index (Phi) is 6.13. The van der Waals surface area contributed by atoms with E-state index in [0.29, 0.717) is 49.6 Å². The number of nitrogens with one attached hydrogen (secondary N) is 2. The Hall–Kier alpha value is -3.06. The van der Waals surface area contributed by atoms with Gasteiger partial charge in [0.15, 0.2) is 0 Å². The van der Waals surface area contributed by atoms with Crippen LogP contribution in [0.3, 0.4) is 0 Å². The van der Waals surface area contributed by atoms with Crippen molar-refractivity contribution in [2.45, 2.75) is 38.3 Å². The minimum Gasteiger partial charge on any atom is -0.388 e. The molecule has 1 spiro atoms. The van der Waals surface area contributed by atoms with E-state index in [9.17, 15) is 9.59 Å². The lowest BCUT2D eigenvalue weighted by Gasteiger charge is -2.37. The number of rotatable bonds is 4. The molecule has 2 aromatic rings. The standard InChI is InChI=1S/C23H25ClN4O3/c1-16-4-2-3-5-19(16)26-22(30)28-12-10-23(11-13-28)14-20(27-31-23)21(29)25-15-17-6-8-18(24)9-7-17/h2-9H,10-15H2,1H3,(H,25,29)(H,26,30). The third kappa shape index (κ3) is 4.99. The number of carbonyl (C=O) groups is 2. The van der Waals surface area contributed by atoms with Crippen molar-refractivity contribution in [2.75, 3.05) is 18.4 Å². The highest BCUT2D eigenvalue weighted by atomic mass is 35.5. The van der Waals surface area contributed by atoms with Gasteiger partial charge in [0.1, 0.15) is 11.3 Å². The van der Waals surface area contributed by atoms with Gasteiger partial charge >= 0.3 is 6.03 Å². The number of para-hydroxylation sites is 1. The highest BCUT2D eigenvalue weighted by Gasteiger charge is 2.44. The molecule has 8 heteroatoms. The van der Waals surface area contributed by atoms with Crippen LogP contribution in [0.25, 0.3) is 0 Å². The summed E-state index contributed by atoms with van der Waals surface area (Å²) >= 11 is 5.89. The van der Waals surface area contributed by atoms with Gasteiger partial charge in [0.2, 0.25) is 0 Å². The lowest BCUT2D eigenvalue weighted by atomic mass is 9.87. The maximum atomic E-state index is 12.6. The number of aryl methyl sites for hydroxylation is 1. The van der Waals surface area contributed by atoms with Crippen molar-refractivity contribution in [1.29, 1.82) is 0 Å². The summed E-state index contributed by atoms with van der Waals surface area (Å²) in [6, 6.07) is 14.9. The molecule has 0 bridgehead atoms. The van der Waals surface area contributed by atoms with Gasteiger partial charge in [-0.25, -0.2) is 4.79 Å². The van der Waals surface area contributed by atoms with Crippen LogP contribution in [0.4, 0.5) is 10.5 Å². The molecule has 2 heterocycles. The van der Waals surface area contributed by atoms with Crippen molar-refractivity contribution in [1.82, 2.24) is 10.2 Å². The quantitative estimate of drug-likeness (QED) is 0.750. The molecule has 2 aliphatic rings. The summed E-state index contributed by atoms with van der Waals surface area (Å²) in [4.78, 5) is 32.6. The highest BCUT2D eigenvalue weighted by Crippen LogP contribution is 2.35. The summed E-state index contributed by atoms with van der Waals surface area (Å²) in [5.41, 5.74) is 2.68. The Labute approximate surface area is 186 Å². The van der Waals surface area contributed by atoms with E-state index in [1.54, 1.807) is 17.0 Å². The molecule has 0 saturated carbocycles. The number of likely N-dealkylation sites (tertiary alicyclic amines) is 1. The number of amides is 3. The zero-order valence-corrected chi connectivity index (χ0v) is 18.1. The molecule has 2 aliphatic heterocycles. The molecule has 31 heavy (non-hydrogen) atoms. The fourth-order valence-corrected chi connectivity index (χ4v) is 3.95. The second kappa shape index (κ2) is 8.98. The van der Waals surface area contributed by atoms with Gasteiger partial charge in [-0.15, -0.1) is 0 Å². The van der Waals surface area contributed by atoms with Gasteiger partial charge in [0.05, 0.1) is 0 Å². The summed E-state index contributed by atoms with van der Waals surface area (Å²) in [5.74, 6) is -0.230. The highest BCUT2D eigenvalue weighted by molar-refractivity contribution is 6.39. The summed E-state index contributed by atoms with van der Waals surface area (Å²) in [6.07, 6.45) is 1.71. The molecule has 1 saturated heterocycles. The predicted molar refractivity (Wildman–Crippen MR) is 120 cm³/mol. The summed E-state index contributed by atoms with van der Waals surface area (Å²) < 4.78 is 0. The molecular weight excluding hydrogens is 416 g/mol. The molecule has 0 atom stereocenters. The fourth-order valence-electron chi connectivity index (χ4n) is 3.82. The number of benzene rings is 2. The molecular formula is C23H25ClN4O3. The number of nitrogens with zero attached hydrogens (tertiary/aromatic N) is 2. The van der Waals surface area contributed by atoms with Crippen LogP contribution in [0.15, 0.2) is 53.7 Å². The van der Waals surface area contributed by atoms with Gasteiger partial charge in [-0.3, -0.25) is 4.79 Å². The number of hydrogen-bond acceptors (Lipinski definition) is 4. The van der Waals surface area contributed by atoms with E-state index in [0.717, 1.165) is 16.8 Å². The fraction of sp³-hybridized carbons (Fsp3) is 0.348. The predicted octanol–water partition coefficient (Wildman–Crippen LogP) is 4.11. The summed E-state index contributed by atoms with van der Waals surface area (Å²) in [6.45, 7) is 3.46.